The quantitative estimate of drug-likeness (QED) is 0.295. The van der Waals surface area contributed by atoms with E-state index in [1.807, 2.05) is 62.4 Å². The molecule has 0 aliphatic heterocycles. The molecule has 0 saturated carbocycles. The first-order valence-electron chi connectivity index (χ1n) is 10.0. The Morgan fingerprint density at radius 1 is 1.03 bits per heavy atom. The van der Waals surface area contributed by atoms with Crippen LogP contribution in [0.4, 0.5) is 5.69 Å². The summed E-state index contributed by atoms with van der Waals surface area (Å²) in [6, 6.07) is 17.2. The number of nitrogens with zero attached hydrogens (tertiary/aromatic N) is 4. The van der Waals surface area contributed by atoms with Crippen molar-refractivity contribution in [2.75, 3.05) is 5.32 Å². The molecule has 0 bridgehead atoms. The Morgan fingerprint density at radius 2 is 1.79 bits per heavy atom. The van der Waals surface area contributed by atoms with Crippen LogP contribution < -0.4 is 10.6 Å². The molecule has 0 unspecified atom stereocenters. The van der Waals surface area contributed by atoms with Crippen molar-refractivity contribution in [1.29, 1.82) is 0 Å². The molecule has 0 aliphatic carbocycles. The van der Waals surface area contributed by atoms with Gasteiger partial charge in [-0.3, -0.25) is 10.1 Å². The second kappa shape index (κ2) is 8.62. The van der Waals surface area contributed by atoms with Gasteiger partial charge in [0.1, 0.15) is 5.01 Å². The Hall–Kier alpha value is -3.21. The van der Waals surface area contributed by atoms with Gasteiger partial charge in [0, 0.05) is 21.3 Å². The first-order valence-corrected chi connectivity index (χ1v) is 12.0. The molecule has 0 saturated heterocycles. The van der Waals surface area contributed by atoms with E-state index >= 15 is 0 Å². The molecule has 5 rings (SSSR count). The van der Waals surface area contributed by atoms with E-state index in [-0.39, 0.29) is 11.0 Å². The number of anilines is 1. The Balaban J connectivity index is 1.38. The zero-order chi connectivity index (χ0) is 23.1. The average Bonchev–Trinajstić information content (AvgIpc) is 3.37. The van der Waals surface area contributed by atoms with E-state index in [0.717, 1.165) is 47.9 Å². The molecule has 10 heteroatoms. The fraction of sp³-hybridized carbons (Fsp3) is 0.0870. The molecule has 164 valence electrons. The van der Waals surface area contributed by atoms with Gasteiger partial charge in [0.05, 0.1) is 0 Å². The number of carbonyl (C=O) groups is 1. The predicted octanol–water partition coefficient (Wildman–Crippen LogP) is 5.51. The van der Waals surface area contributed by atoms with Gasteiger partial charge in [-0.25, -0.2) is 0 Å². The van der Waals surface area contributed by atoms with Gasteiger partial charge < -0.3 is 5.32 Å². The first kappa shape index (κ1) is 21.6. The van der Waals surface area contributed by atoms with E-state index < -0.39 is 0 Å². The lowest BCUT2D eigenvalue weighted by molar-refractivity contribution is 0.0979. The molecule has 33 heavy (non-hydrogen) atoms. The number of thiocarbonyl (C=S) groups is 1. The lowest BCUT2D eigenvalue weighted by atomic mass is 10.0. The van der Waals surface area contributed by atoms with Crippen LogP contribution in [0.3, 0.4) is 0 Å². The number of benzene rings is 3. The molecule has 0 fully saturated rings. The number of aryl methyl sites for hydroxylation is 1. The molecule has 7 nitrogen and oxygen atoms in total. The van der Waals surface area contributed by atoms with Gasteiger partial charge in [0.2, 0.25) is 4.96 Å². The van der Waals surface area contributed by atoms with E-state index in [2.05, 4.69) is 41.9 Å². The lowest BCUT2D eigenvalue weighted by Gasteiger charge is -2.14. The Bertz CT molecular complexity index is 1560. The van der Waals surface area contributed by atoms with E-state index in [4.69, 9.17) is 12.2 Å². The second-order valence-electron chi connectivity index (χ2n) is 7.38. The van der Waals surface area contributed by atoms with Crippen molar-refractivity contribution >= 4 is 71.9 Å². The zero-order valence-corrected chi connectivity index (χ0v) is 20.8. The summed E-state index contributed by atoms with van der Waals surface area (Å²) in [5.74, 6) is 0.470. The minimum atomic E-state index is -0.269. The SMILES string of the molecule is Cc1c(NC(=S)NC(=O)c2cccc3c(Br)cccc23)cccc1-c1nn2c(C)nnc2s1. The minimum absolute atomic E-state index is 0.223. The Labute approximate surface area is 207 Å². The summed E-state index contributed by atoms with van der Waals surface area (Å²) in [6.07, 6.45) is 0. The van der Waals surface area contributed by atoms with Crippen molar-refractivity contribution in [2.45, 2.75) is 13.8 Å². The van der Waals surface area contributed by atoms with Crippen LogP contribution in [0.1, 0.15) is 21.7 Å². The third-order valence-electron chi connectivity index (χ3n) is 5.30. The van der Waals surface area contributed by atoms with Gasteiger partial charge in [-0.15, -0.1) is 10.2 Å². The number of hydrogen-bond acceptors (Lipinski definition) is 6. The molecule has 2 aromatic heterocycles. The van der Waals surface area contributed by atoms with E-state index in [9.17, 15) is 4.79 Å². The average molecular weight is 537 g/mol. The molecule has 0 spiro atoms. The van der Waals surface area contributed by atoms with Crippen molar-refractivity contribution < 1.29 is 4.79 Å². The maximum Gasteiger partial charge on any atom is 0.258 e. The van der Waals surface area contributed by atoms with Crippen LogP contribution in [0.25, 0.3) is 26.3 Å². The number of carbonyl (C=O) groups excluding carboxylic acids is 1. The highest BCUT2D eigenvalue weighted by molar-refractivity contribution is 9.10. The van der Waals surface area contributed by atoms with Gasteiger partial charge in [-0.2, -0.15) is 9.61 Å². The molecule has 1 amide bonds. The highest BCUT2D eigenvalue weighted by atomic mass is 79.9. The number of hydrogen-bond donors (Lipinski definition) is 2. The largest absolute Gasteiger partial charge is 0.332 e. The maximum atomic E-state index is 13.0. The maximum absolute atomic E-state index is 13.0. The van der Waals surface area contributed by atoms with Crippen molar-refractivity contribution in [3.63, 3.8) is 0 Å². The summed E-state index contributed by atoms with van der Waals surface area (Å²) < 4.78 is 2.66. The number of amides is 1. The number of nitrogens with one attached hydrogen (secondary N) is 2. The third kappa shape index (κ3) is 4.01. The summed E-state index contributed by atoms with van der Waals surface area (Å²) >= 11 is 10.5. The standard InChI is InChI=1S/C23H17BrN6OS2/c1-12-14(21-29-30-13(2)27-28-23(30)33-21)6-5-11-19(12)25-22(32)26-20(31)17-9-3-8-16-15(17)7-4-10-18(16)24/h3-11H,1-2H3,(H2,25,26,31,32). The fourth-order valence-corrected chi connectivity index (χ4v) is 5.29. The number of halogens is 1. The number of fused-ring (bicyclic) bond motifs is 2. The first-order chi connectivity index (χ1) is 15.9. The van der Waals surface area contributed by atoms with Crippen LogP contribution in [0, 0.1) is 13.8 Å². The van der Waals surface area contributed by atoms with Crippen LogP contribution in [0.2, 0.25) is 0 Å². The summed E-state index contributed by atoms with van der Waals surface area (Å²) in [7, 11) is 0. The monoisotopic (exact) mass is 536 g/mol. The second-order valence-corrected chi connectivity index (χ2v) is 9.59. The van der Waals surface area contributed by atoms with Gasteiger partial charge in [0.25, 0.3) is 5.91 Å². The van der Waals surface area contributed by atoms with E-state index in [1.54, 1.807) is 10.6 Å². The van der Waals surface area contributed by atoms with Gasteiger partial charge in [0.15, 0.2) is 10.9 Å². The van der Waals surface area contributed by atoms with Crippen molar-refractivity contribution in [2.24, 2.45) is 0 Å². The normalized spacial score (nSPS) is 11.1. The number of aromatic nitrogens is 4. The van der Waals surface area contributed by atoms with Gasteiger partial charge >= 0.3 is 0 Å². The smallest absolute Gasteiger partial charge is 0.258 e. The Morgan fingerprint density at radius 3 is 2.61 bits per heavy atom. The topological polar surface area (TPSA) is 84.2 Å². The molecular weight excluding hydrogens is 520 g/mol. The molecule has 0 aliphatic rings. The van der Waals surface area contributed by atoms with Crippen molar-refractivity contribution in [3.8, 4) is 10.6 Å². The molecule has 3 aromatic carbocycles. The lowest BCUT2D eigenvalue weighted by Crippen LogP contribution is -2.34. The van der Waals surface area contributed by atoms with E-state index in [1.165, 1.54) is 11.3 Å². The molecule has 0 atom stereocenters. The molecule has 0 radical (unpaired) electrons. The van der Waals surface area contributed by atoms with Crippen LogP contribution in [0.15, 0.2) is 59.1 Å². The third-order valence-corrected chi connectivity index (χ3v) is 7.13. The highest BCUT2D eigenvalue weighted by Crippen LogP contribution is 2.32. The molecular formula is C23H17BrN6OS2. The van der Waals surface area contributed by atoms with Crippen molar-refractivity contribution in [3.05, 3.63) is 76.0 Å². The van der Waals surface area contributed by atoms with Gasteiger partial charge in [-0.05, 0) is 60.6 Å². The minimum Gasteiger partial charge on any atom is -0.332 e. The summed E-state index contributed by atoms with van der Waals surface area (Å²) in [5.41, 5.74) is 3.27. The van der Waals surface area contributed by atoms with Crippen LogP contribution in [0.5, 0.6) is 0 Å². The highest BCUT2D eigenvalue weighted by Gasteiger charge is 2.16. The van der Waals surface area contributed by atoms with Crippen molar-refractivity contribution in [1.82, 2.24) is 25.1 Å². The van der Waals surface area contributed by atoms with E-state index in [0.29, 0.717) is 5.56 Å². The zero-order valence-electron chi connectivity index (χ0n) is 17.6. The van der Waals surface area contributed by atoms with Crippen LogP contribution >= 0.6 is 39.5 Å². The molecule has 2 heterocycles. The predicted molar refractivity (Wildman–Crippen MR) is 139 cm³/mol. The number of rotatable bonds is 3. The molecule has 5 aromatic rings. The Kier molecular flexibility index (Phi) is 5.65. The van der Waals surface area contributed by atoms with Gasteiger partial charge in [-0.1, -0.05) is 63.7 Å². The fourth-order valence-electron chi connectivity index (χ4n) is 3.62. The molecule has 2 N–H and O–H groups in total. The van der Waals surface area contributed by atoms with Crippen LogP contribution in [-0.2, 0) is 0 Å². The summed E-state index contributed by atoms with van der Waals surface area (Å²) in [6.45, 7) is 3.85. The van der Waals surface area contributed by atoms with Crippen LogP contribution in [-0.4, -0.2) is 30.8 Å². The summed E-state index contributed by atoms with van der Waals surface area (Å²) in [4.78, 5) is 13.7. The summed E-state index contributed by atoms with van der Waals surface area (Å²) in [5, 5.41) is 21.6.